The topological polar surface area (TPSA) is 117 Å². The molecule has 0 spiro atoms. The van der Waals surface area contributed by atoms with Crippen LogP contribution >= 0.6 is 11.3 Å². The van der Waals surface area contributed by atoms with Crippen LogP contribution in [0.2, 0.25) is 0 Å². The lowest BCUT2D eigenvalue weighted by molar-refractivity contribution is 0.0446. The Balaban J connectivity index is 2.34. The van der Waals surface area contributed by atoms with Crippen molar-refractivity contribution in [2.45, 2.75) is 13.5 Å². The van der Waals surface area contributed by atoms with Crippen LogP contribution < -0.4 is 15.8 Å². The minimum Gasteiger partial charge on any atom is -0.496 e. The number of benzene rings is 1. The van der Waals surface area contributed by atoms with E-state index in [-0.39, 0.29) is 39.8 Å². The molecule has 144 valence electrons. The quantitative estimate of drug-likeness (QED) is 0.694. The molecule has 0 radical (unpaired) electrons. The second-order valence-corrected chi connectivity index (χ2v) is 6.28. The molecule has 0 saturated carbocycles. The Hall–Kier alpha value is -3.07. The van der Waals surface area contributed by atoms with E-state index in [0.29, 0.717) is 5.75 Å². The van der Waals surface area contributed by atoms with Crippen molar-refractivity contribution in [3.8, 4) is 5.75 Å². The average Bonchev–Trinajstić information content (AvgIpc) is 3.01. The maximum absolute atomic E-state index is 12.4. The summed E-state index contributed by atoms with van der Waals surface area (Å²) in [4.78, 5) is 37.0. The summed E-state index contributed by atoms with van der Waals surface area (Å²) < 4.78 is 15.5. The normalized spacial score (nSPS) is 10.2. The van der Waals surface area contributed by atoms with Crippen LogP contribution in [-0.4, -0.2) is 38.6 Å². The molecule has 0 aliphatic rings. The van der Waals surface area contributed by atoms with E-state index in [1.54, 1.807) is 31.2 Å². The van der Waals surface area contributed by atoms with Gasteiger partial charge in [0.05, 0.1) is 13.7 Å². The van der Waals surface area contributed by atoms with Crippen molar-refractivity contribution in [2.75, 3.05) is 26.5 Å². The van der Waals surface area contributed by atoms with Crippen LogP contribution in [0.1, 0.15) is 42.9 Å². The van der Waals surface area contributed by atoms with Gasteiger partial charge in [0.25, 0.3) is 5.91 Å². The minimum absolute atomic E-state index is 0.0354. The van der Waals surface area contributed by atoms with Crippen LogP contribution in [0.5, 0.6) is 5.75 Å². The van der Waals surface area contributed by atoms with Crippen molar-refractivity contribution in [3.05, 3.63) is 45.8 Å². The summed E-state index contributed by atoms with van der Waals surface area (Å²) in [6, 6.07) is 6.56. The molecule has 8 nitrogen and oxygen atoms in total. The van der Waals surface area contributed by atoms with Crippen LogP contribution in [0.25, 0.3) is 0 Å². The summed E-state index contributed by atoms with van der Waals surface area (Å²) in [5.74, 6) is -1.42. The van der Waals surface area contributed by atoms with Gasteiger partial charge in [-0.15, -0.1) is 11.3 Å². The summed E-state index contributed by atoms with van der Waals surface area (Å²) in [5, 5.41) is 2.59. The third-order valence-corrected chi connectivity index (χ3v) is 4.68. The number of para-hydroxylation sites is 1. The van der Waals surface area contributed by atoms with E-state index in [1.807, 2.05) is 0 Å². The Morgan fingerprint density at radius 2 is 1.85 bits per heavy atom. The van der Waals surface area contributed by atoms with Crippen LogP contribution in [0.3, 0.4) is 0 Å². The van der Waals surface area contributed by atoms with Gasteiger partial charge in [-0.25, -0.2) is 9.59 Å². The highest BCUT2D eigenvalue weighted by Gasteiger charge is 2.27. The van der Waals surface area contributed by atoms with Crippen LogP contribution in [0.4, 0.5) is 5.00 Å². The van der Waals surface area contributed by atoms with Crippen molar-refractivity contribution in [2.24, 2.45) is 0 Å². The minimum atomic E-state index is -0.676. The van der Waals surface area contributed by atoms with Gasteiger partial charge < -0.3 is 25.3 Å². The molecular formula is C18H20N2O6S. The fourth-order valence-corrected chi connectivity index (χ4v) is 3.38. The number of carbonyl (C=O) groups excluding carboxylic acids is 3. The number of nitrogens with two attached hydrogens (primary N) is 1. The number of nitrogens with one attached hydrogen (secondary N) is 1. The lowest BCUT2D eigenvalue weighted by Gasteiger charge is -2.10. The summed E-state index contributed by atoms with van der Waals surface area (Å²) in [6.45, 7) is 1.48. The predicted octanol–water partition coefficient (Wildman–Crippen LogP) is 2.23. The number of nitrogen functional groups attached to an aromatic ring is 1. The first-order valence-electron chi connectivity index (χ1n) is 8.05. The first kappa shape index (κ1) is 20.2. The van der Waals surface area contributed by atoms with Gasteiger partial charge in [0.2, 0.25) is 0 Å². The third kappa shape index (κ3) is 4.37. The molecule has 0 unspecified atom stereocenters. The molecule has 2 rings (SSSR count). The number of rotatable bonds is 7. The Bertz CT molecular complexity index is 862. The Morgan fingerprint density at radius 1 is 1.15 bits per heavy atom. The van der Waals surface area contributed by atoms with Gasteiger partial charge >= 0.3 is 11.9 Å². The van der Waals surface area contributed by atoms with E-state index in [9.17, 15) is 14.4 Å². The van der Waals surface area contributed by atoms with Gasteiger partial charge in [0.15, 0.2) is 0 Å². The highest BCUT2D eigenvalue weighted by Crippen LogP contribution is 2.33. The lowest BCUT2D eigenvalue weighted by Crippen LogP contribution is -2.20. The fraction of sp³-hybridized carbons (Fsp3) is 0.278. The standard InChI is InChI=1S/C18H20N2O6S/c1-4-25-18(23)13-11(14(16(21)20-2)27-15(13)19)9-26-17(22)10-7-5-6-8-12(10)24-3/h5-8H,4,9,19H2,1-3H3,(H,20,21). The second-order valence-electron chi connectivity index (χ2n) is 5.23. The molecular weight excluding hydrogens is 372 g/mol. The zero-order valence-electron chi connectivity index (χ0n) is 15.2. The fourth-order valence-electron chi connectivity index (χ4n) is 2.38. The maximum atomic E-state index is 12.4. The number of ether oxygens (including phenoxy) is 3. The molecule has 1 aromatic heterocycles. The zero-order chi connectivity index (χ0) is 20.0. The molecule has 1 amide bonds. The summed E-state index contributed by atoms with van der Waals surface area (Å²) in [6.07, 6.45) is 0. The zero-order valence-corrected chi connectivity index (χ0v) is 16.0. The predicted molar refractivity (Wildman–Crippen MR) is 100 cm³/mol. The third-order valence-electron chi connectivity index (χ3n) is 3.62. The molecule has 0 bridgehead atoms. The molecule has 9 heteroatoms. The van der Waals surface area contributed by atoms with Crippen LogP contribution in [0.15, 0.2) is 24.3 Å². The SMILES string of the molecule is CCOC(=O)c1c(N)sc(C(=O)NC)c1COC(=O)c1ccccc1OC. The highest BCUT2D eigenvalue weighted by molar-refractivity contribution is 7.18. The van der Waals surface area contributed by atoms with Gasteiger partial charge in [-0.05, 0) is 19.1 Å². The van der Waals surface area contributed by atoms with Gasteiger partial charge in [-0.2, -0.15) is 0 Å². The maximum Gasteiger partial charge on any atom is 0.342 e. The van der Waals surface area contributed by atoms with Crippen molar-refractivity contribution < 1.29 is 28.6 Å². The van der Waals surface area contributed by atoms with Gasteiger partial charge in [0.1, 0.15) is 33.4 Å². The van der Waals surface area contributed by atoms with Crippen molar-refractivity contribution >= 4 is 34.2 Å². The van der Waals surface area contributed by atoms with Crippen molar-refractivity contribution in [1.29, 1.82) is 0 Å². The molecule has 1 heterocycles. The Kier molecular flexibility index (Phi) is 6.78. The average molecular weight is 392 g/mol. The smallest absolute Gasteiger partial charge is 0.342 e. The van der Waals surface area contributed by atoms with E-state index in [4.69, 9.17) is 19.9 Å². The molecule has 0 saturated heterocycles. The molecule has 0 atom stereocenters. The van der Waals surface area contributed by atoms with Crippen LogP contribution in [0, 0.1) is 0 Å². The molecule has 2 aromatic rings. The van der Waals surface area contributed by atoms with E-state index in [0.717, 1.165) is 11.3 Å². The number of carbonyl (C=O) groups is 3. The number of esters is 2. The van der Waals surface area contributed by atoms with Crippen LogP contribution in [-0.2, 0) is 16.1 Å². The number of hydrogen-bond acceptors (Lipinski definition) is 8. The molecule has 0 fully saturated rings. The summed E-state index contributed by atoms with van der Waals surface area (Å²) >= 11 is 0.932. The first-order chi connectivity index (χ1) is 12.9. The van der Waals surface area contributed by atoms with Gasteiger partial charge in [-0.3, -0.25) is 4.79 Å². The number of hydrogen-bond donors (Lipinski definition) is 2. The highest BCUT2D eigenvalue weighted by atomic mass is 32.1. The van der Waals surface area contributed by atoms with E-state index >= 15 is 0 Å². The Morgan fingerprint density at radius 3 is 2.48 bits per heavy atom. The first-order valence-corrected chi connectivity index (χ1v) is 8.86. The van der Waals surface area contributed by atoms with Gasteiger partial charge in [0, 0.05) is 12.6 Å². The monoisotopic (exact) mass is 392 g/mol. The summed E-state index contributed by atoms with van der Waals surface area (Å²) in [7, 11) is 2.89. The molecule has 0 aliphatic heterocycles. The van der Waals surface area contributed by atoms with E-state index < -0.39 is 17.8 Å². The number of anilines is 1. The number of thiophene rings is 1. The largest absolute Gasteiger partial charge is 0.496 e. The molecule has 1 aromatic carbocycles. The van der Waals surface area contributed by atoms with Crippen molar-refractivity contribution in [1.82, 2.24) is 5.32 Å². The van der Waals surface area contributed by atoms with E-state index in [1.165, 1.54) is 14.2 Å². The summed E-state index contributed by atoms with van der Waals surface area (Å²) in [5.41, 5.74) is 6.37. The van der Waals surface area contributed by atoms with E-state index in [2.05, 4.69) is 5.32 Å². The number of amides is 1. The molecule has 27 heavy (non-hydrogen) atoms. The molecule has 3 N–H and O–H groups in total. The Labute approximate surface area is 160 Å². The number of methoxy groups -OCH3 is 1. The lowest BCUT2D eigenvalue weighted by atomic mass is 10.1. The van der Waals surface area contributed by atoms with Crippen molar-refractivity contribution in [3.63, 3.8) is 0 Å². The molecule has 0 aliphatic carbocycles. The second kappa shape index (κ2) is 9.04. The van der Waals surface area contributed by atoms with Gasteiger partial charge in [-0.1, -0.05) is 12.1 Å².